The first kappa shape index (κ1) is 27.6. The second-order valence-electron chi connectivity index (χ2n) is 8.93. The Labute approximate surface area is 235 Å². The Morgan fingerprint density at radius 1 is 0.927 bits per heavy atom. The summed E-state index contributed by atoms with van der Waals surface area (Å²) in [6, 6.07) is 20.2. The third-order valence-electron chi connectivity index (χ3n) is 6.00. The number of alkyl halides is 3. The Bertz CT molecular complexity index is 1800. The van der Waals surface area contributed by atoms with Gasteiger partial charge < -0.3 is 15.4 Å². The molecule has 0 saturated heterocycles. The highest BCUT2D eigenvalue weighted by Gasteiger charge is 2.30. The van der Waals surface area contributed by atoms with E-state index in [9.17, 15) is 27.6 Å². The lowest BCUT2D eigenvalue weighted by atomic mass is 10.2. The third kappa shape index (κ3) is 6.28. The zero-order valence-electron chi connectivity index (χ0n) is 21.4. The average molecular weight is 579 g/mol. The van der Waals surface area contributed by atoms with Gasteiger partial charge in [0.1, 0.15) is 22.9 Å². The number of hydrogen-bond donors (Lipinski definition) is 2. The van der Waals surface area contributed by atoms with E-state index in [0.29, 0.717) is 27.6 Å². The lowest BCUT2D eigenvalue weighted by Crippen LogP contribution is -2.28. The first-order valence-corrected chi connectivity index (χ1v) is 13.0. The highest BCUT2D eigenvalue weighted by atomic mass is 32.1. The predicted octanol–water partition coefficient (Wildman–Crippen LogP) is 6.47. The summed E-state index contributed by atoms with van der Waals surface area (Å²) in [6.07, 6.45) is -3.40. The molecule has 0 radical (unpaired) electrons. The zero-order valence-corrected chi connectivity index (χ0v) is 22.2. The molecule has 0 spiro atoms. The number of para-hydroxylation sites is 1. The average Bonchev–Trinajstić information content (AvgIpc) is 3.28. The van der Waals surface area contributed by atoms with Gasteiger partial charge in [0, 0.05) is 11.4 Å². The van der Waals surface area contributed by atoms with Gasteiger partial charge in [-0.25, -0.2) is 4.98 Å². The van der Waals surface area contributed by atoms with E-state index in [1.165, 1.54) is 18.5 Å². The molecule has 0 atom stereocenters. The second kappa shape index (κ2) is 11.3. The van der Waals surface area contributed by atoms with Crippen LogP contribution in [0.1, 0.15) is 20.8 Å². The minimum atomic E-state index is -4.56. The summed E-state index contributed by atoms with van der Waals surface area (Å²) >= 11 is 1.04. The molecule has 0 unspecified atom stereocenters. The highest BCUT2D eigenvalue weighted by molar-refractivity contribution is 7.20. The fourth-order valence-corrected chi connectivity index (χ4v) is 5.07. The van der Waals surface area contributed by atoms with Crippen LogP contribution in [0.2, 0.25) is 0 Å². The number of aromatic nitrogens is 2. The Balaban J connectivity index is 1.29. The van der Waals surface area contributed by atoms with Crippen LogP contribution in [0.15, 0.2) is 90.0 Å². The van der Waals surface area contributed by atoms with Crippen LogP contribution in [0.3, 0.4) is 0 Å². The molecule has 5 aromatic rings. The van der Waals surface area contributed by atoms with Crippen LogP contribution in [0, 0.1) is 6.92 Å². The Morgan fingerprint density at radius 3 is 2.34 bits per heavy atom. The smallest absolute Gasteiger partial charge is 0.416 e. The number of carbonyl (C=O) groups is 2. The van der Waals surface area contributed by atoms with Crippen molar-refractivity contribution in [3.63, 3.8) is 0 Å². The van der Waals surface area contributed by atoms with Gasteiger partial charge in [-0.3, -0.25) is 19.0 Å². The van der Waals surface area contributed by atoms with Crippen LogP contribution in [-0.2, 0) is 17.5 Å². The molecule has 0 fully saturated rings. The van der Waals surface area contributed by atoms with E-state index in [2.05, 4.69) is 15.6 Å². The fraction of sp³-hybridized carbons (Fsp3) is 0.103. The van der Waals surface area contributed by atoms with E-state index in [1.54, 1.807) is 31.2 Å². The summed E-state index contributed by atoms with van der Waals surface area (Å²) in [5, 5.41) is 5.34. The van der Waals surface area contributed by atoms with E-state index in [-0.39, 0.29) is 16.0 Å². The van der Waals surface area contributed by atoms with Gasteiger partial charge in [-0.05, 0) is 67.1 Å². The summed E-state index contributed by atoms with van der Waals surface area (Å²) < 4.78 is 45.7. The Hall–Kier alpha value is -4.97. The lowest BCUT2D eigenvalue weighted by molar-refractivity contribution is -0.137. The largest absolute Gasteiger partial charge is 0.457 e. The van der Waals surface area contributed by atoms with Gasteiger partial charge in [0.15, 0.2) is 0 Å². The topological polar surface area (TPSA) is 102 Å². The molecule has 0 saturated carbocycles. The number of rotatable bonds is 7. The van der Waals surface area contributed by atoms with Gasteiger partial charge in [-0.1, -0.05) is 24.3 Å². The molecule has 0 aliphatic heterocycles. The van der Waals surface area contributed by atoms with Gasteiger partial charge in [0.05, 0.1) is 22.2 Å². The molecule has 0 bridgehead atoms. The van der Waals surface area contributed by atoms with Gasteiger partial charge in [0.25, 0.3) is 11.5 Å². The Kier molecular flexibility index (Phi) is 7.58. The van der Waals surface area contributed by atoms with Gasteiger partial charge in [0.2, 0.25) is 5.91 Å². The molecule has 12 heteroatoms. The van der Waals surface area contributed by atoms with Crippen molar-refractivity contribution in [2.24, 2.45) is 0 Å². The van der Waals surface area contributed by atoms with E-state index >= 15 is 0 Å². The number of nitrogens with one attached hydrogen (secondary N) is 2. The minimum absolute atomic E-state index is 0.0581. The van der Waals surface area contributed by atoms with Crippen LogP contribution >= 0.6 is 11.3 Å². The van der Waals surface area contributed by atoms with E-state index in [0.717, 1.165) is 28.0 Å². The summed E-state index contributed by atoms with van der Waals surface area (Å²) in [7, 11) is 0. The van der Waals surface area contributed by atoms with Crippen molar-refractivity contribution in [3.05, 3.63) is 112 Å². The third-order valence-corrected chi connectivity index (χ3v) is 7.20. The number of hydrogen-bond acceptors (Lipinski definition) is 6. The molecular weight excluding hydrogens is 557 g/mol. The number of benzene rings is 3. The summed E-state index contributed by atoms with van der Waals surface area (Å²) in [6.45, 7) is 1.13. The number of carbonyl (C=O) groups excluding carboxylic acids is 2. The van der Waals surface area contributed by atoms with Crippen LogP contribution < -0.4 is 20.9 Å². The first-order valence-electron chi connectivity index (χ1n) is 12.2. The highest BCUT2D eigenvalue weighted by Crippen LogP contribution is 2.31. The molecule has 2 N–H and O–H groups in total. The quantitative estimate of drug-likeness (QED) is 0.231. The van der Waals surface area contributed by atoms with E-state index < -0.39 is 35.7 Å². The first-order chi connectivity index (χ1) is 19.6. The number of anilines is 2. The molecule has 5 rings (SSSR count). The maximum absolute atomic E-state index is 13.2. The zero-order chi connectivity index (χ0) is 29.1. The SMILES string of the molecule is Cc1c(C(=O)Nc2ccc(Oc3ccccc3)cc2)sc2ncn(CC(=O)Nc3cccc(C(F)(F)F)c3)c(=O)c12. The van der Waals surface area contributed by atoms with Gasteiger partial charge in [-0.2, -0.15) is 13.2 Å². The molecule has 41 heavy (non-hydrogen) atoms. The van der Waals surface area contributed by atoms with Crippen LogP contribution in [0.25, 0.3) is 10.2 Å². The van der Waals surface area contributed by atoms with Crippen molar-refractivity contribution in [3.8, 4) is 11.5 Å². The van der Waals surface area contributed by atoms with E-state index in [4.69, 9.17) is 4.74 Å². The predicted molar refractivity (Wildman–Crippen MR) is 150 cm³/mol. The molecule has 2 heterocycles. The van der Waals surface area contributed by atoms with Crippen LogP contribution in [-0.4, -0.2) is 21.4 Å². The molecular formula is C29H21F3N4O4S. The number of fused-ring (bicyclic) bond motifs is 1. The molecule has 0 aliphatic rings. The van der Waals surface area contributed by atoms with Gasteiger partial charge >= 0.3 is 6.18 Å². The number of nitrogens with zero attached hydrogens (tertiary/aromatic N) is 2. The van der Waals surface area contributed by atoms with Crippen molar-refractivity contribution in [2.75, 3.05) is 10.6 Å². The number of aryl methyl sites for hydroxylation is 1. The summed E-state index contributed by atoms with van der Waals surface area (Å²) in [4.78, 5) is 43.5. The summed E-state index contributed by atoms with van der Waals surface area (Å²) in [5.74, 6) is 0.124. The molecule has 8 nitrogen and oxygen atoms in total. The Morgan fingerprint density at radius 2 is 1.63 bits per heavy atom. The van der Waals surface area contributed by atoms with E-state index in [1.807, 2.05) is 30.3 Å². The van der Waals surface area contributed by atoms with Gasteiger partial charge in [-0.15, -0.1) is 11.3 Å². The standard InChI is InChI=1S/C29H21F3N4O4S/c1-17-24-27(33-16-36(28(24)39)15-23(37)34-20-7-5-6-18(14-20)29(30,31)32)41-25(17)26(38)35-19-10-12-22(13-11-19)40-21-8-3-2-4-9-21/h2-14,16H,15H2,1H3,(H,34,37)(H,35,38). The van der Waals surface area contributed by atoms with Crippen LogP contribution in [0.4, 0.5) is 24.5 Å². The molecule has 0 aliphatic carbocycles. The fourth-order valence-electron chi connectivity index (χ4n) is 4.04. The summed E-state index contributed by atoms with van der Waals surface area (Å²) in [5.41, 5.74) is -0.603. The minimum Gasteiger partial charge on any atom is -0.457 e. The van der Waals surface area contributed by atoms with Crippen molar-refractivity contribution < 1.29 is 27.5 Å². The van der Waals surface area contributed by atoms with Crippen molar-refractivity contribution in [1.82, 2.24) is 9.55 Å². The van der Waals surface area contributed by atoms with Crippen LogP contribution in [0.5, 0.6) is 11.5 Å². The maximum Gasteiger partial charge on any atom is 0.416 e. The lowest BCUT2D eigenvalue weighted by Gasteiger charge is -2.10. The number of ether oxygens (including phenoxy) is 1. The number of amides is 2. The van der Waals surface area contributed by atoms with Crippen molar-refractivity contribution in [1.29, 1.82) is 0 Å². The molecule has 3 aromatic carbocycles. The maximum atomic E-state index is 13.2. The molecule has 2 amide bonds. The van der Waals surface area contributed by atoms with Crippen molar-refractivity contribution in [2.45, 2.75) is 19.6 Å². The normalized spacial score (nSPS) is 11.3. The second-order valence-corrected chi connectivity index (χ2v) is 9.93. The number of halogens is 3. The monoisotopic (exact) mass is 578 g/mol. The number of thiophene rings is 1. The molecule has 208 valence electrons. The van der Waals surface area contributed by atoms with Crippen molar-refractivity contribution >= 4 is 44.7 Å². The molecule has 2 aromatic heterocycles.